The van der Waals surface area contributed by atoms with Crippen LogP contribution >= 0.6 is 0 Å². The third-order valence-electron chi connectivity index (χ3n) is 10.1. The Bertz CT molecular complexity index is 2990. The third-order valence-corrected chi connectivity index (χ3v) is 10.1. The van der Waals surface area contributed by atoms with Gasteiger partial charge >= 0.3 is 0 Å². The molecule has 0 aliphatic heterocycles. The van der Waals surface area contributed by atoms with Crippen molar-refractivity contribution in [3.05, 3.63) is 200 Å². The molecule has 3 aromatic heterocycles. The molecule has 0 aliphatic rings. The van der Waals surface area contributed by atoms with Crippen LogP contribution < -0.4 is 0 Å². The second-order valence-electron chi connectivity index (χ2n) is 13.8. The van der Waals surface area contributed by atoms with Gasteiger partial charge in [0.1, 0.15) is 0 Å². The molecule has 0 amide bonds. The van der Waals surface area contributed by atoms with Crippen molar-refractivity contribution >= 4 is 43.5 Å². The number of hydrogen-bond donors (Lipinski definition) is 0. The number of allylic oxidation sites excluding steroid dienone is 3. The molecule has 0 atom stereocenters. The van der Waals surface area contributed by atoms with Crippen LogP contribution in [-0.2, 0) is 0 Å². The molecule has 0 bridgehead atoms. The maximum absolute atomic E-state index is 5.01. The lowest BCUT2D eigenvalue weighted by molar-refractivity contribution is 1.07. The van der Waals surface area contributed by atoms with E-state index in [2.05, 4.69) is 132 Å². The number of nitrogens with zero attached hydrogens (tertiary/aromatic N) is 5. The Hall–Kier alpha value is -7.37. The highest BCUT2D eigenvalue weighted by atomic mass is 15.0. The van der Waals surface area contributed by atoms with Gasteiger partial charge in [0.15, 0.2) is 17.5 Å². The minimum absolute atomic E-state index is 0.644. The molecule has 0 saturated heterocycles. The minimum atomic E-state index is 0.644. The Morgan fingerprint density at radius 1 is 0.500 bits per heavy atom. The minimum Gasteiger partial charge on any atom is -0.317 e. The van der Waals surface area contributed by atoms with Crippen molar-refractivity contribution in [1.82, 2.24) is 24.1 Å². The Balaban J connectivity index is 0.000000773. The van der Waals surface area contributed by atoms with Crippen LogP contribution in [0.5, 0.6) is 0 Å². The summed E-state index contributed by atoms with van der Waals surface area (Å²) in [5.74, 6) is 1.95. The molecule has 0 saturated carbocycles. The second-order valence-corrected chi connectivity index (χ2v) is 13.8. The molecule has 268 valence electrons. The number of para-hydroxylation sites is 2. The summed E-state index contributed by atoms with van der Waals surface area (Å²) in [4.78, 5) is 14.9. The van der Waals surface area contributed by atoms with Crippen LogP contribution in [0.25, 0.3) is 89.0 Å². The van der Waals surface area contributed by atoms with E-state index < -0.39 is 0 Å². The molecule has 0 radical (unpaired) electrons. The van der Waals surface area contributed by atoms with E-state index in [9.17, 15) is 0 Å². The normalized spacial score (nSPS) is 11.4. The van der Waals surface area contributed by atoms with Crippen LogP contribution in [-0.4, -0.2) is 24.1 Å². The molecule has 3 heterocycles. The van der Waals surface area contributed by atoms with E-state index in [1.54, 1.807) is 6.08 Å². The third kappa shape index (κ3) is 6.35. The lowest BCUT2D eigenvalue weighted by Gasteiger charge is -2.13. The standard InChI is InChI=1S/C46H31N5.C5H8/c1-30-25-35(46-48-44(31-13-5-2-6-14-31)47-45(49-46)32-15-7-3-8-16-32)27-37(26-30)50-24-23-34-28-40-33(29-42(34)50)21-22-39-38-19-11-12-20-41(38)51(43(39)40)36-17-9-4-10-18-36;1-3-5-4-2/h2-29H,1H3;3-5H,1H2,2H3/b;5-4-. The van der Waals surface area contributed by atoms with Gasteiger partial charge in [0.05, 0.1) is 16.6 Å². The molecule has 0 N–H and O–H groups in total. The maximum atomic E-state index is 5.01. The molecule has 0 spiro atoms. The number of hydrogen-bond acceptors (Lipinski definition) is 3. The van der Waals surface area contributed by atoms with Crippen molar-refractivity contribution in [3.8, 4) is 45.5 Å². The molecule has 0 unspecified atom stereocenters. The van der Waals surface area contributed by atoms with Crippen molar-refractivity contribution < 1.29 is 0 Å². The summed E-state index contributed by atoms with van der Waals surface area (Å²) in [6.07, 6.45) is 7.75. The van der Waals surface area contributed by atoms with Crippen LogP contribution in [0.2, 0.25) is 0 Å². The molecule has 5 heteroatoms. The van der Waals surface area contributed by atoms with Crippen LogP contribution in [0.1, 0.15) is 12.5 Å². The smallest absolute Gasteiger partial charge is 0.164 e. The van der Waals surface area contributed by atoms with Gasteiger partial charge in [-0.25, -0.2) is 15.0 Å². The fourth-order valence-electron chi connectivity index (χ4n) is 7.59. The van der Waals surface area contributed by atoms with E-state index in [1.807, 2.05) is 79.7 Å². The molecule has 56 heavy (non-hydrogen) atoms. The van der Waals surface area contributed by atoms with Gasteiger partial charge in [0.2, 0.25) is 0 Å². The van der Waals surface area contributed by atoms with Crippen LogP contribution in [0, 0.1) is 6.92 Å². The fraction of sp³-hybridized carbons (Fsp3) is 0.0392. The summed E-state index contributed by atoms with van der Waals surface area (Å²) in [6.45, 7) is 7.55. The van der Waals surface area contributed by atoms with Crippen LogP contribution in [0.15, 0.2) is 195 Å². The molecule has 7 aromatic carbocycles. The Labute approximate surface area is 326 Å². The van der Waals surface area contributed by atoms with Gasteiger partial charge in [-0.3, -0.25) is 0 Å². The summed E-state index contributed by atoms with van der Waals surface area (Å²) in [6, 6.07) is 57.6. The number of aromatic nitrogens is 5. The second kappa shape index (κ2) is 14.8. The quantitative estimate of drug-likeness (QED) is 0.161. The predicted molar refractivity (Wildman–Crippen MR) is 235 cm³/mol. The van der Waals surface area contributed by atoms with E-state index in [4.69, 9.17) is 15.0 Å². The van der Waals surface area contributed by atoms with E-state index in [-0.39, 0.29) is 0 Å². The Kier molecular flexibility index (Phi) is 9.10. The number of benzene rings is 7. The lowest BCUT2D eigenvalue weighted by Crippen LogP contribution is -2.01. The van der Waals surface area contributed by atoms with E-state index in [0.717, 1.165) is 39.1 Å². The molecule has 5 nitrogen and oxygen atoms in total. The van der Waals surface area contributed by atoms with Crippen LogP contribution in [0.3, 0.4) is 0 Å². The van der Waals surface area contributed by atoms with Crippen LogP contribution in [0.4, 0.5) is 0 Å². The van der Waals surface area contributed by atoms with Crippen molar-refractivity contribution in [2.45, 2.75) is 13.8 Å². The topological polar surface area (TPSA) is 48.5 Å². The summed E-state index contributed by atoms with van der Waals surface area (Å²) in [5.41, 5.74) is 9.77. The molecule has 0 fully saturated rings. The summed E-state index contributed by atoms with van der Waals surface area (Å²) < 4.78 is 4.68. The van der Waals surface area contributed by atoms with Gasteiger partial charge in [0, 0.05) is 55.8 Å². The first kappa shape index (κ1) is 34.4. The average Bonchev–Trinajstić information content (AvgIpc) is 3.83. The van der Waals surface area contributed by atoms with E-state index in [1.165, 1.54) is 38.0 Å². The molecule has 10 rings (SSSR count). The number of aryl methyl sites for hydroxylation is 1. The molecular weight excluding hydrogens is 683 g/mol. The zero-order valence-corrected chi connectivity index (χ0v) is 31.3. The van der Waals surface area contributed by atoms with Gasteiger partial charge in [0.25, 0.3) is 0 Å². The fourth-order valence-corrected chi connectivity index (χ4v) is 7.59. The van der Waals surface area contributed by atoms with Crippen molar-refractivity contribution in [1.29, 1.82) is 0 Å². The van der Waals surface area contributed by atoms with Gasteiger partial charge in [-0.1, -0.05) is 134 Å². The predicted octanol–water partition coefficient (Wildman–Crippen LogP) is 13.1. The molecular formula is C51H39N5. The highest BCUT2D eigenvalue weighted by Crippen LogP contribution is 2.39. The van der Waals surface area contributed by atoms with Crippen molar-refractivity contribution in [2.24, 2.45) is 0 Å². The summed E-state index contributed by atoms with van der Waals surface area (Å²) in [5, 5.41) is 6.12. The van der Waals surface area contributed by atoms with Gasteiger partial charge < -0.3 is 9.13 Å². The van der Waals surface area contributed by atoms with E-state index in [0.29, 0.717) is 17.5 Å². The highest BCUT2D eigenvalue weighted by molar-refractivity contribution is 6.20. The summed E-state index contributed by atoms with van der Waals surface area (Å²) >= 11 is 0. The molecule has 10 aromatic rings. The average molecular weight is 722 g/mol. The zero-order valence-electron chi connectivity index (χ0n) is 31.3. The number of rotatable bonds is 6. The maximum Gasteiger partial charge on any atom is 0.164 e. The van der Waals surface area contributed by atoms with Gasteiger partial charge in [-0.15, -0.1) is 0 Å². The van der Waals surface area contributed by atoms with Crippen molar-refractivity contribution in [2.75, 3.05) is 0 Å². The Morgan fingerprint density at radius 2 is 1.12 bits per heavy atom. The summed E-state index contributed by atoms with van der Waals surface area (Å²) in [7, 11) is 0. The van der Waals surface area contributed by atoms with Gasteiger partial charge in [-0.05, 0) is 79.4 Å². The lowest BCUT2D eigenvalue weighted by atomic mass is 10.0. The monoisotopic (exact) mass is 721 g/mol. The molecule has 0 aliphatic carbocycles. The first-order valence-electron chi connectivity index (χ1n) is 18.8. The largest absolute Gasteiger partial charge is 0.317 e. The number of fused-ring (bicyclic) bond motifs is 6. The zero-order chi connectivity index (χ0) is 38.0. The van der Waals surface area contributed by atoms with E-state index >= 15 is 0 Å². The van der Waals surface area contributed by atoms with Gasteiger partial charge in [-0.2, -0.15) is 0 Å². The highest BCUT2D eigenvalue weighted by Gasteiger charge is 2.17. The first-order valence-corrected chi connectivity index (χ1v) is 18.8. The first-order chi connectivity index (χ1) is 27.6. The van der Waals surface area contributed by atoms with Crippen molar-refractivity contribution in [3.63, 3.8) is 0 Å². The SMILES string of the molecule is C=C/C=C\C.Cc1cc(-c2nc(-c3ccccc3)nc(-c3ccccc3)n2)cc(-n2ccc3cc4c(ccc5c6ccccc6n(-c6ccccc6)c45)cc32)c1. The Morgan fingerprint density at radius 3 is 1.77 bits per heavy atom.